The van der Waals surface area contributed by atoms with E-state index in [1.54, 1.807) is 12.3 Å². The van der Waals surface area contributed by atoms with Gasteiger partial charge < -0.3 is 5.32 Å². The molecule has 20 heavy (non-hydrogen) atoms. The molecule has 4 nitrogen and oxygen atoms in total. The van der Waals surface area contributed by atoms with Crippen LogP contribution in [-0.2, 0) is 10.8 Å². The molecule has 1 unspecified atom stereocenters. The standard InChI is InChI=1S/C13H10BrFN2O2S/c1-20(19)12-5-10(15)2-3-11(12)17-13(18)8-4-9(14)7-16-6-8/h2-7H,1H3,(H,17,18). The lowest BCUT2D eigenvalue weighted by atomic mass is 10.2. The predicted octanol–water partition coefficient (Wildman–Crippen LogP) is 2.97. The number of pyridine rings is 1. The number of aromatic nitrogens is 1. The molecule has 0 bridgehead atoms. The Morgan fingerprint density at radius 1 is 1.35 bits per heavy atom. The van der Waals surface area contributed by atoms with Crippen LogP contribution in [0.1, 0.15) is 10.4 Å². The van der Waals surface area contributed by atoms with Gasteiger partial charge in [0.1, 0.15) is 5.82 Å². The SMILES string of the molecule is CS(=O)c1cc(F)ccc1NC(=O)c1cncc(Br)c1. The van der Waals surface area contributed by atoms with Crippen molar-refractivity contribution >= 4 is 38.3 Å². The van der Waals surface area contributed by atoms with Gasteiger partial charge >= 0.3 is 0 Å². The summed E-state index contributed by atoms with van der Waals surface area (Å²) in [5.74, 6) is -0.908. The number of carbonyl (C=O) groups excluding carboxylic acids is 1. The highest BCUT2D eigenvalue weighted by atomic mass is 79.9. The van der Waals surface area contributed by atoms with Gasteiger partial charge in [-0.2, -0.15) is 0 Å². The van der Waals surface area contributed by atoms with Crippen LogP contribution in [0.4, 0.5) is 10.1 Å². The highest BCUT2D eigenvalue weighted by Gasteiger charge is 2.12. The van der Waals surface area contributed by atoms with E-state index < -0.39 is 22.5 Å². The molecule has 1 heterocycles. The van der Waals surface area contributed by atoms with Crippen molar-refractivity contribution in [3.05, 3.63) is 52.5 Å². The van der Waals surface area contributed by atoms with Gasteiger partial charge in [-0.25, -0.2) is 4.39 Å². The molecule has 0 radical (unpaired) electrons. The lowest BCUT2D eigenvalue weighted by molar-refractivity contribution is 0.102. The molecule has 2 rings (SSSR count). The molecule has 0 aliphatic heterocycles. The molecular weight excluding hydrogens is 347 g/mol. The smallest absolute Gasteiger partial charge is 0.257 e. The first-order valence-corrected chi connectivity index (χ1v) is 7.87. The van der Waals surface area contributed by atoms with Gasteiger partial charge in [0.05, 0.1) is 26.9 Å². The molecule has 0 spiro atoms. The summed E-state index contributed by atoms with van der Waals surface area (Å²) in [6.07, 6.45) is 4.39. The van der Waals surface area contributed by atoms with Crippen molar-refractivity contribution in [1.82, 2.24) is 4.98 Å². The fraction of sp³-hybridized carbons (Fsp3) is 0.0769. The third kappa shape index (κ3) is 3.49. The largest absolute Gasteiger partial charge is 0.321 e. The molecule has 0 saturated heterocycles. The maximum absolute atomic E-state index is 13.2. The first-order valence-electron chi connectivity index (χ1n) is 5.52. The predicted molar refractivity (Wildman–Crippen MR) is 78.6 cm³/mol. The molecule has 104 valence electrons. The molecule has 2 aromatic rings. The number of hydrogen-bond donors (Lipinski definition) is 1. The summed E-state index contributed by atoms with van der Waals surface area (Å²) in [7, 11) is -1.41. The van der Waals surface area contributed by atoms with Gasteiger partial charge in [-0.1, -0.05) is 0 Å². The number of nitrogens with zero attached hydrogens (tertiary/aromatic N) is 1. The highest BCUT2D eigenvalue weighted by molar-refractivity contribution is 9.10. The molecule has 0 aliphatic rings. The fourth-order valence-corrected chi connectivity index (χ4v) is 2.64. The average Bonchev–Trinajstić information content (AvgIpc) is 2.40. The van der Waals surface area contributed by atoms with Crippen LogP contribution < -0.4 is 5.32 Å². The van der Waals surface area contributed by atoms with Crippen LogP contribution in [0, 0.1) is 5.82 Å². The zero-order valence-corrected chi connectivity index (χ0v) is 12.8. The fourth-order valence-electron chi connectivity index (χ4n) is 1.57. The summed E-state index contributed by atoms with van der Waals surface area (Å²) in [5, 5.41) is 2.60. The Balaban J connectivity index is 2.30. The maximum atomic E-state index is 13.2. The molecule has 7 heteroatoms. The second-order valence-electron chi connectivity index (χ2n) is 3.94. The van der Waals surface area contributed by atoms with Gasteiger partial charge in [-0.05, 0) is 40.2 Å². The minimum absolute atomic E-state index is 0.237. The van der Waals surface area contributed by atoms with Crippen molar-refractivity contribution in [2.45, 2.75) is 4.90 Å². The van der Waals surface area contributed by atoms with Gasteiger partial charge in [-0.3, -0.25) is 14.0 Å². The number of nitrogens with one attached hydrogen (secondary N) is 1. The number of rotatable bonds is 3. The van der Waals surface area contributed by atoms with Crippen LogP contribution >= 0.6 is 15.9 Å². The van der Waals surface area contributed by atoms with E-state index in [9.17, 15) is 13.4 Å². The number of amides is 1. The first kappa shape index (κ1) is 14.8. The van der Waals surface area contributed by atoms with E-state index in [4.69, 9.17) is 0 Å². The lowest BCUT2D eigenvalue weighted by Gasteiger charge is -2.09. The third-order valence-corrected chi connectivity index (χ3v) is 3.86. The monoisotopic (exact) mass is 356 g/mol. The van der Waals surface area contributed by atoms with Crippen molar-refractivity contribution in [1.29, 1.82) is 0 Å². The van der Waals surface area contributed by atoms with Crippen molar-refractivity contribution in [2.75, 3.05) is 11.6 Å². The van der Waals surface area contributed by atoms with Gasteiger partial charge in [-0.15, -0.1) is 0 Å². The molecule has 1 aromatic carbocycles. The maximum Gasteiger partial charge on any atom is 0.257 e. The molecule has 1 aromatic heterocycles. The quantitative estimate of drug-likeness (QED) is 0.919. The number of benzene rings is 1. The van der Waals surface area contributed by atoms with E-state index in [1.165, 1.54) is 24.6 Å². The third-order valence-electron chi connectivity index (χ3n) is 2.47. The van der Waals surface area contributed by atoms with E-state index >= 15 is 0 Å². The molecule has 1 amide bonds. The summed E-state index contributed by atoms with van der Waals surface area (Å²) < 4.78 is 25.4. The molecule has 0 saturated carbocycles. The summed E-state index contributed by atoms with van der Waals surface area (Å²) in [5.41, 5.74) is 0.661. The van der Waals surface area contributed by atoms with Crippen molar-refractivity contribution in [3.63, 3.8) is 0 Å². The van der Waals surface area contributed by atoms with Crippen molar-refractivity contribution in [2.24, 2.45) is 0 Å². The molecule has 0 aliphatic carbocycles. The van der Waals surface area contributed by atoms with Crippen LogP contribution in [-0.4, -0.2) is 21.4 Å². The van der Waals surface area contributed by atoms with Crippen molar-refractivity contribution in [3.8, 4) is 0 Å². The summed E-state index contributed by atoms with van der Waals surface area (Å²) in [4.78, 5) is 16.2. The number of anilines is 1. The normalized spacial score (nSPS) is 11.9. The van der Waals surface area contributed by atoms with Crippen LogP contribution in [0.15, 0.2) is 46.0 Å². The number of carbonyl (C=O) groups is 1. The van der Waals surface area contributed by atoms with Crippen LogP contribution in [0.3, 0.4) is 0 Å². The second kappa shape index (κ2) is 6.23. The van der Waals surface area contributed by atoms with Gasteiger partial charge in [0.15, 0.2) is 0 Å². The summed E-state index contributed by atoms with van der Waals surface area (Å²) in [6.45, 7) is 0. The molecule has 1 atom stereocenters. The molecular formula is C13H10BrFN2O2S. The number of halogens is 2. The average molecular weight is 357 g/mol. The van der Waals surface area contributed by atoms with E-state index in [0.29, 0.717) is 15.7 Å². The second-order valence-corrected chi connectivity index (χ2v) is 6.20. The zero-order valence-electron chi connectivity index (χ0n) is 10.4. The minimum Gasteiger partial charge on any atom is -0.321 e. The van der Waals surface area contributed by atoms with Crippen LogP contribution in [0.25, 0.3) is 0 Å². The highest BCUT2D eigenvalue weighted by Crippen LogP contribution is 2.21. The molecule has 0 fully saturated rings. The van der Waals surface area contributed by atoms with E-state index in [-0.39, 0.29) is 4.90 Å². The Morgan fingerprint density at radius 2 is 2.10 bits per heavy atom. The zero-order chi connectivity index (χ0) is 14.7. The number of hydrogen-bond acceptors (Lipinski definition) is 3. The Hall–Kier alpha value is -1.60. The van der Waals surface area contributed by atoms with Gasteiger partial charge in [0.25, 0.3) is 5.91 Å². The van der Waals surface area contributed by atoms with Gasteiger partial charge in [0.2, 0.25) is 0 Å². The Morgan fingerprint density at radius 3 is 2.75 bits per heavy atom. The lowest BCUT2D eigenvalue weighted by Crippen LogP contribution is -2.14. The Kier molecular flexibility index (Phi) is 4.61. The van der Waals surface area contributed by atoms with E-state index in [2.05, 4.69) is 26.2 Å². The first-order chi connectivity index (χ1) is 9.47. The Bertz CT molecular complexity index is 694. The van der Waals surface area contributed by atoms with E-state index in [0.717, 1.165) is 6.07 Å². The molecule has 1 N–H and O–H groups in total. The van der Waals surface area contributed by atoms with Gasteiger partial charge in [0, 0.05) is 23.1 Å². The topological polar surface area (TPSA) is 59.1 Å². The summed E-state index contributed by atoms with van der Waals surface area (Å²) in [6, 6.07) is 5.33. The minimum atomic E-state index is -1.41. The van der Waals surface area contributed by atoms with Crippen LogP contribution in [0.2, 0.25) is 0 Å². The Labute approximate surface area is 126 Å². The van der Waals surface area contributed by atoms with Crippen LogP contribution in [0.5, 0.6) is 0 Å². The van der Waals surface area contributed by atoms with Crippen molar-refractivity contribution < 1.29 is 13.4 Å². The van der Waals surface area contributed by atoms with E-state index in [1.807, 2.05) is 0 Å². The summed E-state index contributed by atoms with van der Waals surface area (Å²) >= 11 is 3.22.